The first-order valence-electron chi connectivity index (χ1n) is 11.2. The van der Waals surface area contributed by atoms with Crippen molar-refractivity contribution in [3.63, 3.8) is 0 Å². The molecule has 2 aliphatic rings. The number of hydrogen-bond acceptors (Lipinski definition) is 8. The molecule has 8 heteroatoms. The molecular formula is C28H24O8. The summed E-state index contributed by atoms with van der Waals surface area (Å²) >= 11 is 0. The number of fused-ring (bicyclic) bond motifs is 3. The Morgan fingerprint density at radius 2 is 1.56 bits per heavy atom. The fourth-order valence-electron chi connectivity index (χ4n) is 4.71. The fraction of sp³-hybridized carbons (Fsp3) is 0.214. The molecule has 3 aromatic rings. The van der Waals surface area contributed by atoms with Crippen LogP contribution in [0.5, 0.6) is 34.5 Å². The summed E-state index contributed by atoms with van der Waals surface area (Å²) in [7, 11) is 6.13. The molecule has 5 rings (SSSR count). The molecule has 1 atom stereocenters. The van der Waals surface area contributed by atoms with E-state index in [1.165, 1.54) is 21.3 Å². The van der Waals surface area contributed by atoms with Crippen LogP contribution in [0, 0.1) is 0 Å². The van der Waals surface area contributed by atoms with E-state index in [4.69, 9.17) is 28.4 Å². The first kappa shape index (κ1) is 23.3. The zero-order valence-electron chi connectivity index (χ0n) is 20.2. The lowest BCUT2D eigenvalue weighted by atomic mass is 9.84. The molecule has 1 unspecified atom stereocenters. The highest BCUT2D eigenvalue weighted by atomic mass is 16.5. The van der Waals surface area contributed by atoms with Crippen molar-refractivity contribution in [1.29, 1.82) is 0 Å². The van der Waals surface area contributed by atoms with Crippen LogP contribution in [0.25, 0.3) is 6.08 Å². The maximum atomic E-state index is 13.4. The van der Waals surface area contributed by atoms with E-state index >= 15 is 0 Å². The molecule has 184 valence electrons. The van der Waals surface area contributed by atoms with Gasteiger partial charge in [-0.2, -0.15) is 0 Å². The minimum Gasteiger partial charge on any atom is -0.496 e. The van der Waals surface area contributed by atoms with Gasteiger partial charge >= 0.3 is 5.97 Å². The van der Waals surface area contributed by atoms with Crippen LogP contribution in [-0.4, -0.2) is 40.2 Å². The standard InChI is InChI=1S/C28H24O8/c1-31-19-8-6-5-7-16(19)18-14-23(29)35-20-12-10-17-25(30)22(36-27(17)24(18)20)13-15-9-11-21(32-2)28(34-4)26(15)33-3/h5-13,18H,14H2,1-4H3. The van der Waals surface area contributed by atoms with Gasteiger partial charge in [0.1, 0.15) is 17.2 Å². The summed E-state index contributed by atoms with van der Waals surface area (Å²) < 4.78 is 33.6. The van der Waals surface area contributed by atoms with Crippen LogP contribution in [0.2, 0.25) is 0 Å². The first-order valence-corrected chi connectivity index (χ1v) is 11.2. The van der Waals surface area contributed by atoms with Crippen molar-refractivity contribution < 1.29 is 38.0 Å². The van der Waals surface area contributed by atoms with Crippen molar-refractivity contribution >= 4 is 17.8 Å². The normalized spacial score (nSPS) is 17.1. The monoisotopic (exact) mass is 488 g/mol. The van der Waals surface area contributed by atoms with Crippen molar-refractivity contribution in [2.75, 3.05) is 28.4 Å². The summed E-state index contributed by atoms with van der Waals surface area (Å²) in [6.45, 7) is 0. The van der Waals surface area contributed by atoms with Crippen molar-refractivity contribution in [3.05, 3.63) is 76.5 Å². The van der Waals surface area contributed by atoms with Crippen molar-refractivity contribution in [3.8, 4) is 34.5 Å². The van der Waals surface area contributed by atoms with Crippen molar-refractivity contribution in [1.82, 2.24) is 0 Å². The van der Waals surface area contributed by atoms with Gasteiger partial charge in [-0.05, 0) is 36.4 Å². The number of Topliss-reactive ketones (excluding diaryl/α,β-unsaturated/α-hetero) is 1. The molecule has 0 fully saturated rings. The highest BCUT2D eigenvalue weighted by Gasteiger charge is 2.39. The number of ether oxygens (including phenoxy) is 6. The molecule has 3 aromatic carbocycles. The SMILES string of the molecule is COc1ccccc1C1CC(=O)Oc2ccc3c(c21)OC(=Cc1ccc(OC)c(OC)c1OC)C3=O. The Hall–Kier alpha value is -4.46. The Kier molecular flexibility index (Phi) is 6.01. The number of benzene rings is 3. The first-order chi connectivity index (χ1) is 17.5. The second-order valence-electron chi connectivity index (χ2n) is 8.19. The molecule has 8 nitrogen and oxygen atoms in total. The molecular weight excluding hydrogens is 464 g/mol. The second-order valence-corrected chi connectivity index (χ2v) is 8.19. The van der Waals surface area contributed by atoms with Gasteiger partial charge in [0.2, 0.25) is 11.5 Å². The second kappa shape index (κ2) is 9.30. The van der Waals surface area contributed by atoms with Gasteiger partial charge in [0.15, 0.2) is 17.3 Å². The third-order valence-corrected chi connectivity index (χ3v) is 6.32. The lowest BCUT2D eigenvalue weighted by Crippen LogP contribution is -2.22. The van der Waals surface area contributed by atoms with Crippen LogP contribution in [0.15, 0.2) is 54.3 Å². The summed E-state index contributed by atoms with van der Waals surface area (Å²) in [5, 5.41) is 0. The highest BCUT2D eigenvalue weighted by Crippen LogP contribution is 2.50. The summed E-state index contributed by atoms with van der Waals surface area (Å²) in [6, 6.07) is 14.2. The van der Waals surface area contributed by atoms with Gasteiger partial charge in [0.25, 0.3) is 0 Å². The van der Waals surface area contributed by atoms with Gasteiger partial charge in [-0.3, -0.25) is 9.59 Å². The van der Waals surface area contributed by atoms with Gasteiger partial charge in [-0.15, -0.1) is 0 Å². The number of allylic oxidation sites excluding steroid dienone is 1. The zero-order chi connectivity index (χ0) is 25.4. The van der Waals surface area contributed by atoms with Crippen LogP contribution in [0.3, 0.4) is 0 Å². The largest absolute Gasteiger partial charge is 0.496 e. The average Bonchev–Trinajstić information content (AvgIpc) is 3.22. The molecule has 0 spiro atoms. The number of ketones is 1. The Bertz CT molecular complexity index is 1400. The zero-order valence-corrected chi connectivity index (χ0v) is 20.2. The third kappa shape index (κ3) is 3.71. The number of carbonyl (C=O) groups excluding carboxylic acids is 2. The summed E-state index contributed by atoms with van der Waals surface area (Å²) in [6.07, 6.45) is 1.69. The Morgan fingerprint density at radius 1 is 0.806 bits per heavy atom. The minimum atomic E-state index is -0.407. The molecule has 0 bridgehead atoms. The Morgan fingerprint density at radius 3 is 2.28 bits per heavy atom. The summed E-state index contributed by atoms with van der Waals surface area (Å²) in [5.41, 5.74) is 2.40. The highest BCUT2D eigenvalue weighted by molar-refractivity contribution is 6.15. The number of esters is 1. The number of hydrogen-bond donors (Lipinski definition) is 0. The molecule has 0 radical (unpaired) electrons. The molecule has 0 amide bonds. The predicted octanol–water partition coefficient (Wildman–Crippen LogP) is 4.78. The molecule has 2 heterocycles. The number of methoxy groups -OCH3 is 4. The molecule has 0 N–H and O–H groups in total. The summed E-state index contributed by atoms with van der Waals surface area (Å²) in [4.78, 5) is 25.8. The van der Waals surface area contributed by atoms with E-state index in [-0.39, 0.29) is 23.9 Å². The molecule has 0 saturated heterocycles. The maximum absolute atomic E-state index is 13.4. The van der Waals surface area contributed by atoms with Crippen LogP contribution in [0.1, 0.15) is 39.4 Å². The van der Waals surface area contributed by atoms with Gasteiger partial charge in [-0.1, -0.05) is 18.2 Å². The van der Waals surface area contributed by atoms with E-state index < -0.39 is 5.92 Å². The lowest BCUT2D eigenvalue weighted by Gasteiger charge is -2.27. The number of carbonyl (C=O) groups is 2. The Labute approximate surface area is 207 Å². The van der Waals surface area contributed by atoms with Gasteiger partial charge in [0.05, 0.1) is 40.4 Å². The van der Waals surface area contributed by atoms with Crippen molar-refractivity contribution in [2.24, 2.45) is 0 Å². The van der Waals surface area contributed by atoms with Gasteiger partial charge in [0, 0.05) is 22.6 Å². The quantitative estimate of drug-likeness (QED) is 0.278. The minimum absolute atomic E-state index is 0.0872. The van der Waals surface area contributed by atoms with E-state index in [1.54, 1.807) is 37.5 Å². The van der Waals surface area contributed by atoms with Gasteiger partial charge in [-0.25, -0.2) is 0 Å². The van der Waals surface area contributed by atoms with E-state index in [0.717, 1.165) is 5.56 Å². The lowest BCUT2D eigenvalue weighted by molar-refractivity contribution is -0.135. The van der Waals surface area contributed by atoms with Crippen LogP contribution in [0.4, 0.5) is 0 Å². The predicted molar refractivity (Wildman–Crippen MR) is 131 cm³/mol. The van der Waals surface area contributed by atoms with E-state index in [0.29, 0.717) is 51.2 Å². The van der Waals surface area contributed by atoms with Crippen molar-refractivity contribution in [2.45, 2.75) is 12.3 Å². The van der Waals surface area contributed by atoms with E-state index in [2.05, 4.69) is 0 Å². The number of para-hydroxylation sites is 1. The average molecular weight is 488 g/mol. The van der Waals surface area contributed by atoms with E-state index in [1.807, 2.05) is 24.3 Å². The van der Waals surface area contributed by atoms with Crippen LogP contribution >= 0.6 is 0 Å². The molecule has 2 aliphatic heterocycles. The molecule has 0 aliphatic carbocycles. The van der Waals surface area contributed by atoms with Gasteiger partial charge < -0.3 is 28.4 Å². The molecule has 0 saturated carbocycles. The third-order valence-electron chi connectivity index (χ3n) is 6.32. The number of rotatable bonds is 6. The Balaban J connectivity index is 1.62. The smallest absolute Gasteiger partial charge is 0.312 e. The molecule has 36 heavy (non-hydrogen) atoms. The fourth-order valence-corrected chi connectivity index (χ4v) is 4.71. The van der Waals surface area contributed by atoms with Crippen LogP contribution in [-0.2, 0) is 4.79 Å². The maximum Gasteiger partial charge on any atom is 0.312 e. The topological polar surface area (TPSA) is 89.5 Å². The summed E-state index contributed by atoms with van der Waals surface area (Å²) in [5.74, 6) is 1.70. The van der Waals surface area contributed by atoms with E-state index in [9.17, 15) is 9.59 Å². The van der Waals surface area contributed by atoms with Crippen LogP contribution < -0.4 is 28.4 Å². The molecule has 0 aromatic heterocycles.